The van der Waals surface area contributed by atoms with Gasteiger partial charge in [0.05, 0.1) is 6.61 Å². The van der Waals surface area contributed by atoms with Crippen molar-refractivity contribution in [3.8, 4) is 11.5 Å². The number of carbonyl (C=O) groups is 1. The normalized spacial score (nSPS) is 14.3. The van der Waals surface area contributed by atoms with E-state index in [1.807, 2.05) is 0 Å². The maximum absolute atomic E-state index is 12.1. The minimum atomic E-state index is -0.441. The molecule has 0 saturated carbocycles. The summed E-state index contributed by atoms with van der Waals surface area (Å²) in [5.41, 5.74) is 1.14. The Morgan fingerprint density at radius 1 is 1.14 bits per heavy atom. The zero-order valence-corrected chi connectivity index (χ0v) is 12.3. The van der Waals surface area contributed by atoms with E-state index in [1.165, 1.54) is 0 Å². The van der Waals surface area contributed by atoms with Crippen LogP contribution in [0.3, 0.4) is 0 Å². The first kappa shape index (κ1) is 13.9. The van der Waals surface area contributed by atoms with E-state index in [-0.39, 0.29) is 5.75 Å². The van der Waals surface area contributed by atoms with E-state index >= 15 is 0 Å². The molecule has 6 nitrogen and oxygen atoms in total. The number of ether oxygens (including phenoxy) is 1. The Hall–Kier alpha value is -2.11. The van der Waals surface area contributed by atoms with Crippen LogP contribution >= 0.6 is 0 Å². The van der Waals surface area contributed by atoms with E-state index in [9.17, 15) is 4.79 Å². The fourth-order valence-electron chi connectivity index (χ4n) is 2.18. The quantitative estimate of drug-likeness (QED) is 0.593. The average molecular weight is 294 g/mol. The van der Waals surface area contributed by atoms with Crippen LogP contribution in [0, 0.1) is 11.8 Å². The third-order valence-corrected chi connectivity index (χ3v) is 3.54. The molecule has 114 valence electrons. The van der Waals surface area contributed by atoms with Gasteiger partial charge in [-0.1, -0.05) is 27.2 Å². The van der Waals surface area contributed by atoms with Gasteiger partial charge < -0.3 is 4.74 Å². The molecule has 0 aliphatic carbocycles. The van der Waals surface area contributed by atoms with Crippen LogP contribution in [0.25, 0.3) is 11.2 Å². The molecule has 2 aliphatic rings. The lowest BCUT2D eigenvalue weighted by Gasteiger charge is -2.19. The Bertz CT molecular complexity index is 650. The first-order valence-electron chi connectivity index (χ1n) is 7.13. The molecule has 6 heteroatoms. The van der Waals surface area contributed by atoms with Gasteiger partial charge in [0.2, 0.25) is 11.5 Å². The highest BCUT2D eigenvalue weighted by Crippen LogP contribution is 2.43. The van der Waals surface area contributed by atoms with E-state index in [0.29, 0.717) is 40.9 Å². The van der Waals surface area contributed by atoms with E-state index in [2.05, 4.69) is 20.8 Å². The maximum atomic E-state index is 12.1. The number of benzene rings is 1. The van der Waals surface area contributed by atoms with E-state index < -0.39 is 5.97 Å². The van der Waals surface area contributed by atoms with Gasteiger partial charge in [0.1, 0.15) is 5.56 Å². The number of carbonyl (C=O) groups excluding carboxylic acids is 1. The van der Waals surface area contributed by atoms with Gasteiger partial charge in [-0.3, -0.25) is 18.9 Å². The van der Waals surface area contributed by atoms with E-state index in [4.69, 9.17) is 23.7 Å². The molecule has 1 aromatic heterocycles. The Morgan fingerprint density at radius 3 is 2.52 bits per heavy atom. The minimum absolute atomic E-state index is 0.214. The van der Waals surface area contributed by atoms with Crippen LogP contribution in [0.5, 0.6) is 11.5 Å². The van der Waals surface area contributed by atoms with Gasteiger partial charge >= 0.3 is 5.97 Å². The van der Waals surface area contributed by atoms with Gasteiger partial charge in [0, 0.05) is 6.07 Å². The van der Waals surface area contributed by atoms with Crippen LogP contribution < -0.4 is 9.78 Å². The monoisotopic (exact) mass is 294 g/mol. The molecular formula is C15H18O6. The van der Waals surface area contributed by atoms with Crippen molar-refractivity contribution in [3.05, 3.63) is 11.6 Å². The summed E-state index contributed by atoms with van der Waals surface area (Å²) in [5.74, 6) is 1.07. The van der Waals surface area contributed by atoms with Crippen molar-refractivity contribution in [3.63, 3.8) is 0 Å². The van der Waals surface area contributed by atoms with E-state index in [0.717, 1.165) is 12.8 Å². The van der Waals surface area contributed by atoms with Crippen LogP contribution in [-0.4, -0.2) is 12.6 Å². The molecule has 1 unspecified atom stereocenters. The van der Waals surface area contributed by atoms with Crippen molar-refractivity contribution in [2.24, 2.45) is 11.8 Å². The van der Waals surface area contributed by atoms with Gasteiger partial charge in [-0.2, -0.15) is 0 Å². The molecule has 0 spiro atoms. The molecule has 0 radical (unpaired) electrons. The minimum Gasteiger partial charge on any atom is -0.462 e. The summed E-state index contributed by atoms with van der Waals surface area (Å²) in [4.78, 5) is 22.0. The summed E-state index contributed by atoms with van der Waals surface area (Å²) in [6.45, 7) is 6.82. The van der Waals surface area contributed by atoms with Crippen molar-refractivity contribution in [2.45, 2.75) is 33.6 Å². The third-order valence-electron chi connectivity index (χ3n) is 3.54. The third kappa shape index (κ3) is 2.57. The van der Waals surface area contributed by atoms with Gasteiger partial charge in [0.15, 0.2) is 0 Å². The van der Waals surface area contributed by atoms with Crippen LogP contribution in [0.1, 0.15) is 44.0 Å². The smallest absolute Gasteiger partial charge is 0.342 e. The summed E-state index contributed by atoms with van der Waals surface area (Å²) in [7, 11) is 0. The average Bonchev–Trinajstić information content (AvgIpc) is 2.41. The second-order valence-electron chi connectivity index (χ2n) is 5.92. The predicted molar refractivity (Wildman–Crippen MR) is 73.3 cm³/mol. The Balaban J connectivity index is 1.62. The number of hydrogen-bond donors (Lipinski definition) is 0. The zero-order valence-electron chi connectivity index (χ0n) is 12.3. The molecule has 1 atom stereocenters. The molecule has 2 bridgehead atoms. The molecule has 0 fully saturated rings. The highest BCUT2D eigenvalue weighted by Gasteiger charge is 2.33. The summed E-state index contributed by atoms with van der Waals surface area (Å²) < 4.78 is 14.9. The lowest BCUT2D eigenvalue weighted by molar-refractivity contribution is -0.116. The highest BCUT2D eigenvalue weighted by molar-refractivity contribution is 6.01. The molecule has 0 saturated heterocycles. The summed E-state index contributed by atoms with van der Waals surface area (Å²) in [6.07, 6.45) is 2.15. The van der Waals surface area contributed by atoms with Crippen LogP contribution in [0.2, 0.25) is 0 Å². The molecular weight excluding hydrogens is 276 g/mol. The van der Waals surface area contributed by atoms with Crippen molar-refractivity contribution in [1.82, 2.24) is 0 Å². The lowest BCUT2D eigenvalue weighted by atomic mass is 10.0. The Morgan fingerprint density at radius 2 is 1.90 bits per heavy atom. The van der Waals surface area contributed by atoms with Gasteiger partial charge in [-0.15, -0.1) is 0 Å². The number of rotatable bonds is 6. The van der Waals surface area contributed by atoms with Crippen molar-refractivity contribution in [1.29, 1.82) is 0 Å². The second-order valence-corrected chi connectivity index (χ2v) is 5.92. The molecule has 1 aromatic carbocycles. The van der Waals surface area contributed by atoms with Crippen molar-refractivity contribution >= 4 is 17.1 Å². The van der Waals surface area contributed by atoms with Crippen LogP contribution in [0.15, 0.2) is 15.2 Å². The Kier molecular flexibility index (Phi) is 3.53. The van der Waals surface area contributed by atoms with Gasteiger partial charge in [-0.05, 0) is 18.3 Å². The SMILES string of the molecule is CC(C)CCC(C)COC(=O)c1cc2c3ooc3c1OO2. The topological polar surface area (TPSA) is 71.0 Å². The van der Waals surface area contributed by atoms with Crippen molar-refractivity contribution < 1.29 is 28.5 Å². The van der Waals surface area contributed by atoms with Gasteiger partial charge in [-0.25, -0.2) is 4.79 Å². The first-order valence-corrected chi connectivity index (χ1v) is 7.13. The first-order chi connectivity index (χ1) is 10.1. The number of hydrogen-bond acceptors (Lipinski definition) is 6. The van der Waals surface area contributed by atoms with Crippen LogP contribution in [-0.2, 0) is 4.74 Å². The zero-order chi connectivity index (χ0) is 15.0. The van der Waals surface area contributed by atoms with Gasteiger partial charge in [0.25, 0.3) is 11.2 Å². The molecule has 21 heavy (non-hydrogen) atoms. The summed E-state index contributed by atoms with van der Waals surface area (Å²) >= 11 is 0. The molecule has 3 heterocycles. The molecule has 4 rings (SSSR count). The standard InChI is InChI=1S/C15H18O6/c1-8(2)4-5-9(3)7-17-15(16)10-6-11-13-14(21-20-13)12(10)19-18-11/h6,8-9H,4-5,7H2,1-3H3. The Labute approximate surface area is 121 Å². The largest absolute Gasteiger partial charge is 0.462 e. The summed E-state index contributed by atoms with van der Waals surface area (Å²) in [5, 5.41) is 0. The molecule has 2 aliphatic heterocycles. The predicted octanol–water partition coefficient (Wildman–Crippen LogP) is 3.94. The molecule has 2 aromatic rings. The highest BCUT2D eigenvalue weighted by atomic mass is 17.2. The molecule has 0 N–H and O–H groups in total. The summed E-state index contributed by atoms with van der Waals surface area (Å²) in [6, 6.07) is 1.54. The second kappa shape index (κ2) is 5.35. The van der Waals surface area contributed by atoms with Crippen LogP contribution in [0.4, 0.5) is 0 Å². The van der Waals surface area contributed by atoms with E-state index in [1.54, 1.807) is 6.07 Å². The number of fused-ring (bicyclic) bond motifs is 2. The van der Waals surface area contributed by atoms with Crippen molar-refractivity contribution in [2.75, 3.05) is 6.61 Å². The number of esters is 1. The fraction of sp³-hybridized carbons (Fsp3) is 0.533. The lowest BCUT2D eigenvalue weighted by Crippen LogP contribution is -2.18. The maximum Gasteiger partial charge on any atom is 0.342 e. The molecule has 0 amide bonds. The fourth-order valence-corrected chi connectivity index (χ4v) is 2.18.